The van der Waals surface area contributed by atoms with Crippen molar-refractivity contribution in [2.24, 2.45) is 0 Å². The lowest BCUT2D eigenvalue weighted by molar-refractivity contribution is 0.752. The molecule has 15 rings (SSSR count). The summed E-state index contributed by atoms with van der Waals surface area (Å²) in [5, 5.41) is 5.10. The molecule has 1 aliphatic heterocycles. The van der Waals surface area contributed by atoms with Crippen LogP contribution in [0.25, 0.3) is 75.5 Å². The van der Waals surface area contributed by atoms with Gasteiger partial charge < -0.3 is 9.80 Å². The molecule has 346 valence electrons. The van der Waals surface area contributed by atoms with E-state index < -0.39 is 5.41 Å². The van der Waals surface area contributed by atoms with E-state index in [2.05, 4.69) is 289 Å². The second-order valence-electron chi connectivity index (χ2n) is 19.5. The first-order valence-corrected chi connectivity index (χ1v) is 26.3. The highest BCUT2D eigenvalue weighted by atomic mass is 32.1. The second-order valence-corrected chi connectivity index (χ2v) is 20.6. The molecule has 0 saturated carbocycles. The van der Waals surface area contributed by atoms with Crippen molar-refractivity contribution in [3.63, 3.8) is 0 Å². The third-order valence-electron chi connectivity index (χ3n) is 15.7. The van der Waals surface area contributed by atoms with Crippen molar-refractivity contribution in [3.05, 3.63) is 301 Å². The molecule has 2 nitrogen and oxygen atoms in total. The molecule has 12 aromatic carbocycles. The highest BCUT2D eigenvalue weighted by molar-refractivity contribution is 7.25. The Morgan fingerprint density at radius 2 is 0.851 bits per heavy atom. The number of anilines is 6. The quantitative estimate of drug-likeness (QED) is 0.157. The predicted molar refractivity (Wildman–Crippen MR) is 313 cm³/mol. The maximum absolute atomic E-state index is 2.51. The molecular weight excluding hydrogens is 913 g/mol. The van der Waals surface area contributed by atoms with Gasteiger partial charge in [-0.3, -0.25) is 0 Å². The molecule has 0 radical (unpaired) electrons. The molecule has 1 spiro atoms. The van der Waals surface area contributed by atoms with E-state index >= 15 is 0 Å². The minimum Gasteiger partial charge on any atom is -0.310 e. The number of benzene rings is 12. The maximum atomic E-state index is 2.51. The molecule has 0 atom stereocenters. The number of hydrogen-bond donors (Lipinski definition) is 0. The van der Waals surface area contributed by atoms with Crippen molar-refractivity contribution in [2.75, 3.05) is 9.80 Å². The molecule has 1 aromatic heterocycles. The molecule has 74 heavy (non-hydrogen) atoms. The van der Waals surface area contributed by atoms with Gasteiger partial charge in [-0.05, 0) is 139 Å². The highest BCUT2D eigenvalue weighted by Crippen LogP contribution is 2.64. The summed E-state index contributed by atoms with van der Waals surface area (Å²) in [6.07, 6.45) is 0. The molecule has 0 bridgehead atoms. The van der Waals surface area contributed by atoms with Gasteiger partial charge >= 0.3 is 0 Å². The molecule has 1 aliphatic carbocycles. The van der Waals surface area contributed by atoms with Gasteiger partial charge in [0.1, 0.15) is 0 Å². The first-order chi connectivity index (χ1) is 36.7. The van der Waals surface area contributed by atoms with Crippen molar-refractivity contribution in [2.45, 2.75) is 5.41 Å². The van der Waals surface area contributed by atoms with Crippen LogP contribution in [0.3, 0.4) is 0 Å². The van der Waals surface area contributed by atoms with Crippen LogP contribution in [0.2, 0.25) is 0 Å². The van der Waals surface area contributed by atoms with Crippen molar-refractivity contribution >= 4 is 76.4 Å². The van der Waals surface area contributed by atoms with Crippen molar-refractivity contribution < 1.29 is 0 Å². The van der Waals surface area contributed by atoms with E-state index in [1.165, 1.54) is 104 Å². The van der Waals surface area contributed by atoms with Crippen molar-refractivity contribution in [1.82, 2.24) is 0 Å². The van der Waals surface area contributed by atoms with Gasteiger partial charge in [-0.2, -0.15) is 0 Å². The van der Waals surface area contributed by atoms with Crippen LogP contribution in [0, 0.1) is 0 Å². The van der Waals surface area contributed by atoms with E-state index in [1.54, 1.807) is 0 Å². The summed E-state index contributed by atoms with van der Waals surface area (Å²) in [5.74, 6) is 0. The molecule has 0 unspecified atom stereocenters. The second kappa shape index (κ2) is 16.9. The van der Waals surface area contributed by atoms with E-state index in [4.69, 9.17) is 0 Å². The summed E-state index contributed by atoms with van der Waals surface area (Å²) in [4.78, 5) is 4.96. The fourth-order valence-corrected chi connectivity index (χ4v) is 13.7. The largest absolute Gasteiger partial charge is 0.310 e. The van der Waals surface area contributed by atoms with E-state index in [-0.39, 0.29) is 0 Å². The summed E-state index contributed by atoms with van der Waals surface area (Å²) < 4.78 is 2.62. The minimum absolute atomic E-state index is 0.609. The molecule has 0 saturated heterocycles. The molecule has 3 heteroatoms. The van der Waals surface area contributed by atoms with Gasteiger partial charge in [0.2, 0.25) is 0 Å². The van der Waals surface area contributed by atoms with Crippen LogP contribution in [-0.2, 0) is 5.41 Å². The maximum Gasteiger partial charge on any atom is 0.0755 e. The standard InChI is InChI=1S/C71H46N2S/c1-2-21-50(22-3-1)73-67-34-15-12-31-63(67)71(64-32-13-16-35-68(64)73)62-30-11-8-26-57(62)58-44-42-52(46-65(58)71)72(51-40-37-47(38-41-51)49-39-43-61-60-28-10-17-36-69(60)74-70(61)45-49)66-33-14-9-27-59(66)56-25-7-6-24-55(56)54-29-18-20-48-19-4-5-23-53(48)54/h1-46H. The van der Waals surface area contributed by atoms with Gasteiger partial charge in [0, 0.05) is 42.8 Å². The monoisotopic (exact) mass is 958 g/mol. The third kappa shape index (κ3) is 6.37. The summed E-state index contributed by atoms with van der Waals surface area (Å²) in [7, 11) is 0. The van der Waals surface area contributed by atoms with Crippen LogP contribution in [0.5, 0.6) is 0 Å². The van der Waals surface area contributed by atoms with Crippen LogP contribution in [-0.4, -0.2) is 0 Å². The molecule has 13 aromatic rings. The van der Waals surface area contributed by atoms with Gasteiger partial charge in [-0.15, -0.1) is 11.3 Å². The zero-order valence-electron chi connectivity index (χ0n) is 40.4. The first-order valence-electron chi connectivity index (χ1n) is 25.5. The Hall–Kier alpha value is -9.28. The molecule has 0 amide bonds. The molecule has 0 fully saturated rings. The number of hydrogen-bond acceptors (Lipinski definition) is 3. The summed E-state index contributed by atoms with van der Waals surface area (Å²) in [5.41, 5.74) is 20.9. The lowest BCUT2D eigenvalue weighted by Gasteiger charge is -2.45. The van der Waals surface area contributed by atoms with Crippen LogP contribution in [0.1, 0.15) is 22.3 Å². The first kappa shape index (κ1) is 42.4. The summed E-state index contributed by atoms with van der Waals surface area (Å²) in [6.45, 7) is 0. The fraction of sp³-hybridized carbons (Fsp3) is 0.0141. The topological polar surface area (TPSA) is 6.48 Å². The molecule has 2 aliphatic rings. The Kier molecular flexibility index (Phi) is 9.70. The molecule has 2 heterocycles. The van der Waals surface area contributed by atoms with Crippen LogP contribution in [0.15, 0.2) is 279 Å². The van der Waals surface area contributed by atoms with Crippen LogP contribution in [0.4, 0.5) is 34.1 Å². The average Bonchev–Trinajstić information content (AvgIpc) is 4.10. The lowest BCUT2D eigenvalue weighted by Crippen LogP contribution is -2.36. The lowest BCUT2D eigenvalue weighted by atomic mass is 9.64. The van der Waals surface area contributed by atoms with Gasteiger partial charge in [0.05, 0.1) is 22.5 Å². The Labute approximate surface area is 435 Å². The Morgan fingerprint density at radius 1 is 0.311 bits per heavy atom. The zero-order valence-corrected chi connectivity index (χ0v) is 41.2. The molecule has 0 N–H and O–H groups in total. The number of nitrogens with zero attached hydrogens (tertiary/aromatic N) is 2. The fourth-order valence-electron chi connectivity index (χ4n) is 12.5. The third-order valence-corrected chi connectivity index (χ3v) is 16.8. The number of fused-ring (bicyclic) bond motifs is 13. The van der Waals surface area contributed by atoms with Gasteiger partial charge in [0.25, 0.3) is 0 Å². The van der Waals surface area contributed by atoms with Gasteiger partial charge in [0.15, 0.2) is 0 Å². The SMILES string of the molecule is c1ccc(N2c3ccccc3C3(c4ccccc4-c4ccc(N(c5ccc(-c6ccc7c(c6)sc6ccccc67)cc5)c5ccccc5-c5ccccc5-c5cccc6ccccc56)cc43)c3ccccc32)cc1. The normalized spacial score (nSPS) is 12.9. The van der Waals surface area contributed by atoms with E-state index in [0.717, 1.165) is 28.3 Å². The number of thiophene rings is 1. The van der Waals surface area contributed by atoms with Crippen molar-refractivity contribution in [3.8, 4) is 44.5 Å². The van der Waals surface area contributed by atoms with Gasteiger partial charge in [-0.25, -0.2) is 0 Å². The summed E-state index contributed by atoms with van der Waals surface area (Å²) >= 11 is 1.87. The average molecular weight is 959 g/mol. The predicted octanol–water partition coefficient (Wildman–Crippen LogP) is 19.8. The highest BCUT2D eigenvalue weighted by Gasteiger charge is 2.52. The zero-order chi connectivity index (χ0) is 48.7. The summed E-state index contributed by atoms with van der Waals surface area (Å²) in [6, 6.07) is 104. The van der Waals surface area contributed by atoms with E-state index in [0.29, 0.717) is 0 Å². The minimum atomic E-state index is -0.609. The Bertz CT molecular complexity index is 4290. The van der Waals surface area contributed by atoms with Crippen molar-refractivity contribution in [1.29, 1.82) is 0 Å². The molecular formula is C71H46N2S. The number of para-hydroxylation sites is 4. The van der Waals surface area contributed by atoms with E-state index in [9.17, 15) is 0 Å². The Balaban J connectivity index is 0.960. The smallest absolute Gasteiger partial charge is 0.0755 e. The number of rotatable bonds is 7. The van der Waals surface area contributed by atoms with Crippen LogP contribution >= 0.6 is 11.3 Å². The van der Waals surface area contributed by atoms with Gasteiger partial charge in [-0.1, -0.05) is 212 Å². The van der Waals surface area contributed by atoms with E-state index in [1.807, 2.05) is 11.3 Å². The Morgan fingerprint density at radius 3 is 1.64 bits per heavy atom. The van der Waals surface area contributed by atoms with Crippen LogP contribution < -0.4 is 9.80 Å².